The molecule has 0 aliphatic rings. The zero-order valence-electron chi connectivity index (χ0n) is 10.5. The molecule has 0 amide bonds. The summed E-state index contributed by atoms with van der Waals surface area (Å²) in [6.07, 6.45) is -3.42. The van der Waals surface area contributed by atoms with Gasteiger partial charge in [0, 0.05) is 18.3 Å². The van der Waals surface area contributed by atoms with Crippen LogP contribution in [0.15, 0.2) is 18.2 Å². The van der Waals surface area contributed by atoms with Gasteiger partial charge in [-0.15, -0.1) is 0 Å². The number of aliphatic hydroxyl groups excluding tert-OH is 1. The van der Waals surface area contributed by atoms with E-state index in [2.05, 4.69) is 5.32 Å². The van der Waals surface area contributed by atoms with E-state index in [1.54, 1.807) is 0 Å². The van der Waals surface area contributed by atoms with Crippen molar-refractivity contribution < 1.29 is 18.3 Å². The van der Waals surface area contributed by atoms with Crippen LogP contribution in [0.1, 0.15) is 30.9 Å². The first kappa shape index (κ1) is 15.3. The summed E-state index contributed by atoms with van der Waals surface area (Å²) in [5.41, 5.74) is -1.04. The van der Waals surface area contributed by atoms with Crippen LogP contribution in [-0.4, -0.2) is 17.8 Å². The summed E-state index contributed by atoms with van der Waals surface area (Å²) in [6, 6.07) is 4.95. The third-order valence-corrected chi connectivity index (χ3v) is 2.79. The van der Waals surface area contributed by atoms with E-state index in [1.165, 1.54) is 12.1 Å². The number of nitrogens with zero attached hydrogens (tertiary/aromatic N) is 1. The lowest BCUT2D eigenvalue weighted by Crippen LogP contribution is -2.20. The second-order valence-corrected chi connectivity index (χ2v) is 4.13. The molecule has 0 radical (unpaired) electrons. The molecular weight excluding hydrogens is 257 g/mol. The van der Waals surface area contributed by atoms with Gasteiger partial charge in [-0.2, -0.15) is 18.4 Å². The highest BCUT2D eigenvalue weighted by atomic mass is 19.4. The smallest absolute Gasteiger partial charge is 0.396 e. The Balaban J connectivity index is 3.02. The monoisotopic (exact) mass is 272 g/mol. The average Bonchev–Trinajstić information content (AvgIpc) is 2.37. The van der Waals surface area contributed by atoms with Crippen molar-refractivity contribution in [3.05, 3.63) is 29.3 Å². The molecule has 6 heteroatoms. The van der Waals surface area contributed by atoms with E-state index in [-0.39, 0.29) is 12.6 Å². The summed E-state index contributed by atoms with van der Waals surface area (Å²) in [4.78, 5) is 0. The molecule has 0 fully saturated rings. The first-order chi connectivity index (χ1) is 8.92. The van der Waals surface area contributed by atoms with Gasteiger partial charge >= 0.3 is 6.18 Å². The van der Waals surface area contributed by atoms with Gasteiger partial charge in [0.05, 0.1) is 17.2 Å². The summed E-state index contributed by atoms with van der Waals surface area (Å²) >= 11 is 0. The van der Waals surface area contributed by atoms with E-state index >= 15 is 0 Å². The number of rotatable bonds is 5. The summed E-state index contributed by atoms with van der Waals surface area (Å²) in [5.74, 6) is 0. The molecule has 0 spiro atoms. The number of hydrogen-bond donors (Lipinski definition) is 2. The van der Waals surface area contributed by atoms with Crippen LogP contribution in [0.25, 0.3) is 0 Å². The van der Waals surface area contributed by atoms with Gasteiger partial charge < -0.3 is 10.4 Å². The highest BCUT2D eigenvalue weighted by Gasteiger charge is 2.33. The van der Waals surface area contributed by atoms with E-state index in [9.17, 15) is 13.2 Å². The summed E-state index contributed by atoms with van der Waals surface area (Å²) < 4.78 is 38.3. The second kappa shape index (κ2) is 6.43. The first-order valence-electron chi connectivity index (χ1n) is 5.91. The Morgan fingerprint density at radius 2 is 2.11 bits per heavy atom. The van der Waals surface area contributed by atoms with Gasteiger partial charge in [-0.05, 0) is 31.0 Å². The third-order valence-electron chi connectivity index (χ3n) is 2.79. The highest BCUT2D eigenvalue weighted by Crippen LogP contribution is 2.33. The van der Waals surface area contributed by atoms with Crippen molar-refractivity contribution in [3.63, 3.8) is 0 Å². The molecule has 3 nitrogen and oxygen atoms in total. The van der Waals surface area contributed by atoms with Gasteiger partial charge in [-0.1, -0.05) is 6.92 Å². The van der Waals surface area contributed by atoms with Gasteiger partial charge in [0.15, 0.2) is 0 Å². The molecule has 1 atom stereocenters. The number of anilines is 1. The van der Waals surface area contributed by atoms with Crippen LogP contribution in [0, 0.1) is 11.3 Å². The topological polar surface area (TPSA) is 56.0 Å². The number of benzene rings is 1. The van der Waals surface area contributed by atoms with Crippen LogP contribution in [-0.2, 0) is 6.18 Å². The Morgan fingerprint density at radius 3 is 2.58 bits per heavy atom. The van der Waals surface area contributed by atoms with Crippen LogP contribution in [0.2, 0.25) is 0 Å². The third kappa shape index (κ3) is 4.14. The summed E-state index contributed by atoms with van der Waals surface area (Å²) in [6.45, 7) is 1.84. The van der Waals surface area contributed by atoms with Crippen LogP contribution in [0.3, 0.4) is 0 Å². The van der Waals surface area contributed by atoms with Crippen LogP contribution in [0.4, 0.5) is 18.9 Å². The maximum atomic E-state index is 12.8. The zero-order chi connectivity index (χ0) is 14.5. The van der Waals surface area contributed by atoms with Crippen molar-refractivity contribution >= 4 is 5.69 Å². The van der Waals surface area contributed by atoms with E-state index in [1.807, 2.05) is 6.92 Å². The number of hydrogen-bond acceptors (Lipinski definition) is 3. The molecule has 1 rings (SSSR count). The fraction of sp³-hybridized carbons (Fsp3) is 0.462. The largest absolute Gasteiger partial charge is 0.417 e. The molecule has 1 aromatic carbocycles. The molecule has 1 unspecified atom stereocenters. The fourth-order valence-corrected chi connectivity index (χ4v) is 1.74. The van der Waals surface area contributed by atoms with Crippen LogP contribution < -0.4 is 5.32 Å². The lowest BCUT2D eigenvalue weighted by Gasteiger charge is -2.18. The molecule has 0 bridgehead atoms. The molecule has 0 saturated carbocycles. The van der Waals surface area contributed by atoms with Crippen molar-refractivity contribution in [2.24, 2.45) is 0 Å². The number of halogens is 3. The van der Waals surface area contributed by atoms with Crippen molar-refractivity contribution in [2.45, 2.75) is 32.0 Å². The molecular formula is C13H15F3N2O. The Morgan fingerprint density at radius 1 is 1.42 bits per heavy atom. The molecule has 2 N–H and O–H groups in total. The lowest BCUT2D eigenvalue weighted by atomic mass is 10.1. The maximum absolute atomic E-state index is 12.8. The molecule has 0 heterocycles. The molecule has 19 heavy (non-hydrogen) atoms. The number of aliphatic hydroxyl groups is 1. The van der Waals surface area contributed by atoms with E-state index in [0.29, 0.717) is 18.5 Å². The lowest BCUT2D eigenvalue weighted by molar-refractivity contribution is -0.137. The van der Waals surface area contributed by atoms with Crippen molar-refractivity contribution in [1.29, 1.82) is 5.26 Å². The number of nitrogens with one attached hydrogen (secondary N) is 1. The van der Waals surface area contributed by atoms with Crippen LogP contribution >= 0.6 is 0 Å². The fourth-order valence-electron chi connectivity index (χ4n) is 1.74. The van der Waals surface area contributed by atoms with Gasteiger partial charge in [0.25, 0.3) is 0 Å². The molecule has 0 aliphatic carbocycles. The minimum absolute atomic E-state index is 0.0338. The molecule has 0 saturated heterocycles. The molecule has 0 aromatic heterocycles. The predicted molar refractivity (Wildman–Crippen MR) is 65.6 cm³/mol. The molecule has 0 aliphatic heterocycles. The summed E-state index contributed by atoms with van der Waals surface area (Å²) in [7, 11) is 0. The quantitative estimate of drug-likeness (QED) is 0.865. The average molecular weight is 272 g/mol. The first-order valence-corrected chi connectivity index (χ1v) is 5.91. The Bertz CT molecular complexity index is 466. The van der Waals surface area contributed by atoms with E-state index in [4.69, 9.17) is 10.4 Å². The Hall–Kier alpha value is -1.74. The SMILES string of the molecule is CCC(CCO)Nc1ccc(C#N)c(C(F)(F)F)c1. The Kier molecular flexibility index (Phi) is 5.19. The van der Waals surface area contributed by atoms with Gasteiger partial charge in [-0.25, -0.2) is 0 Å². The van der Waals surface area contributed by atoms with Crippen molar-refractivity contribution in [1.82, 2.24) is 0 Å². The minimum atomic E-state index is -4.55. The molecule has 1 aromatic rings. The van der Waals surface area contributed by atoms with Gasteiger partial charge in [0.2, 0.25) is 0 Å². The van der Waals surface area contributed by atoms with Crippen molar-refractivity contribution in [3.8, 4) is 6.07 Å². The molecule has 104 valence electrons. The summed E-state index contributed by atoms with van der Waals surface area (Å²) in [5, 5.41) is 20.5. The number of nitriles is 1. The van der Waals surface area contributed by atoms with Crippen LogP contribution in [0.5, 0.6) is 0 Å². The normalized spacial score (nSPS) is 12.8. The van der Waals surface area contributed by atoms with E-state index in [0.717, 1.165) is 12.1 Å². The minimum Gasteiger partial charge on any atom is -0.396 e. The van der Waals surface area contributed by atoms with Gasteiger partial charge in [0.1, 0.15) is 0 Å². The predicted octanol–water partition coefficient (Wildman–Crippen LogP) is 3.15. The zero-order valence-corrected chi connectivity index (χ0v) is 10.5. The maximum Gasteiger partial charge on any atom is 0.417 e. The highest BCUT2D eigenvalue weighted by molar-refractivity contribution is 5.53. The van der Waals surface area contributed by atoms with E-state index < -0.39 is 17.3 Å². The Labute approximate surface area is 109 Å². The second-order valence-electron chi connectivity index (χ2n) is 4.13. The standard InChI is InChI=1S/C13H15F3N2O/c1-2-10(5-6-19)18-11-4-3-9(8-17)12(7-11)13(14,15)16/h3-4,7,10,18-19H,2,5-6H2,1H3. The van der Waals surface area contributed by atoms with Gasteiger partial charge in [-0.3, -0.25) is 0 Å². The van der Waals surface area contributed by atoms with Crippen molar-refractivity contribution in [2.75, 3.05) is 11.9 Å². The number of alkyl halides is 3.